The Bertz CT molecular complexity index is 494. The molecule has 0 aromatic rings. The summed E-state index contributed by atoms with van der Waals surface area (Å²) in [6.07, 6.45) is -0.296. The van der Waals surface area contributed by atoms with Crippen molar-refractivity contribution in [2.45, 2.75) is 79.1 Å². The SMILES string of the molecule is CCC[C@@H]1[C@@H](CC(=O)OCC)CN(C(=O)OC(C)C)N1C(=O)OC(C)C. The minimum Gasteiger partial charge on any atom is -0.466 e. The Kier molecular flexibility index (Phi) is 8.68. The van der Waals surface area contributed by atoms with Gasteiger partial charge in [0.1, 0.15) is 0 Å². The highest BCUT2D eigenvalue weighted by Crippen LogP contribution is 2.32. The highest BCUT2D eigenvalue weighted by Gasteiger charge is 2.47. The van der Waals surface area contributed by atoms with Gasteiger partial charge in [0.25, 0.3) is 0 Å². The number of hydrogen-bond donors (Lipinski definition) is 0. The number of ether oxygens (including phenoxy) is 3. The van der Waals surface area contributed by atoms with Crippen LogP contribution >= 0.6 is 0 Å². The number of carbonyl (C=O) groups is 3. The van der Waals surface area contributed by atoms with Crippen molar-refractivity contribution in [1.29, 1.82) is 0 Å². The Morgan fingerprint density at radius 2 is 1.58 bits per heavy atom. The first kappa shape index (κ1) is 22.1. The van der Waals surface area contributed by atoms with Gasteiger partial charge >= 0.3 is 18.2 Å². The van der Waals surface area contributed by atoms with E-state index in [-0.39, 0.29) is 43.1 Å². The minimum absolute atomic E-state index is 0.134. The van der Waals surface area contributed by atoms with Gasteiger partial charge in [0.05, 0.1) is 37.8 Å². The monoisotopic (exact) mass is 372 g/mol. The van der Waals surface area contributed by atoms with Crippen molar-refractivity contribution < 1.29 is 28.6 Å². The van der Waals surface area contributed by atoms with Gasteiger partial charge in [0.2, 0.25) is 0 Å². The third kappa shape index (κ3) is 6.07. The van der Waals surface area contributed by atoms with Gasteiger partial charge in [-0.05, 0) is 41.0 Å². The van der Waals surface area contributed by atoms with Crippen molar-refractivity contribution in [1.82, 2.24) is 10.0 Å². The number of hydrogen-bond acceptors (Lipinski definition) is 6. The molecule has 8 heteroatoms. The van der Waals surface area contributed by atoms with Crippen molar-refractivity contribution in [2.75, 3.05) is 13.2 Å². The van der Waals surface area contributed by atoms with Crippen LogP contribution in [-0.2, 0) is 19.0 Å². The number of carbonyl (C=O) groups excluding carboxylic acids is 3. The fraction of sp³-hybridized carbons (Fsp3) is 0.833. The largest absolute Gasteiger partial charge is 0.466 e. The van der Waals surface area contributed by atoms with Crippen LogP contribution in [0.15, 0.2) is 0 Å². The van der Waals surface area contributed by atoms with Crippen LogP contribution in [0.25, 0.3) is 0 Å². The Morgan fingerprint density at radius 1 is 1.00 bits per heavy atom. The molecular formula is C18H32N2O6. The molecule has 0 unspecified atom stereocenters. The average Bonchev–Trinajstić information content (AvgIpc) is 2.85. The third-order valence-electron chi connectivity index (χ3n) is 3.92. The number of hydrazine groups is 1. The molecule has 0 aliphatic carbocycles. The molecule has 2 atom stereocenters. The molecule has 1 fully saturated rings. The molecule has 0 bridgehead atoms. The van der Waals surface area contributed by atoms with Gasteiger partial charge in [-0.25, -0.2) is 19.6 Å². The lowest BCUT2D eigenvalue weighted by Crippen LogP contribution is -2.49. The standard InChI is InChI=1S/C18H32N2O6/c1-7-9-15-14(10-16(21)24-8-2)11-19(17(22)25-12(3)4)20(15)18(23)26-13(5)6/h12-15H,7-11H2,1-6H3/t14-,15+/m0/s1. The first-order valence-corrected chi connectivity index (χ1v) is 9.34. The van der Waals surface area contributed by atoms with E-state index in [1.54, 1.807) is 34.6 Å². The molecule has 8 nitrogen and oxygen atoms in total. The Hall–Kier alpha value is -1.99. The summed E-state index contributed by atoms with van der Waals surface area (Å²) < 4.78 is 15.6. The summed E-state index contributed by atoms with van der Waals surface area (Å²) in [6.45, 7) is 11.2. The van der Waals surface area contributed by atoms with Gasteiger partial charge in [-0.15, -0.1) is 0 Å². The number of rotatable bonds is 7. The highest BCUT2D eigenvalue weighted by atomic mass is 16.6. The number of esters is 1. The summed E-state index contributed by atoms with van der Waals surface area (Å²) in [6, 6.07) is -0.324. The van der Waals surface area contributed by atoms with Crippen molar-refractivity contribution >= 4 is 18.2 Å². The zero-order chi connectivity index (χ0) is 19.9. The first-order valence-electron chi connectivity index (χ1n) is 9.34. The van der Waals surface area contributed by atoms with E-state index in [0.717, 1.165) is 6.42 Å². The molecule has 1 rings (SSSR count). The van der Waals surface area contributed by atoms with E-state index in [2.05, 4.69) is 0 Å². The molecule has 0 N–H and O–H groups in total. The highest BCUT2D eigenvalue weighted by molar-refractivity contribution is 5.76. The van der Waals surface area contributed by atoms with E-state index in [1.165, 1.54) is 10.0 Å². The van der Waals surface area contributed by atoms with Crippen LogP contribution in [0.5, 0.6) is 0 Å². The molecule has 1 saturated heterocycles. The number of nitrogens with zero attached hydrogens (tertiary/aromatic N) is 2. The van der Waals surface area contributed by atoms with E-state index in [9.17, 15) is 14.4 Å². The summed E-state index contributed by atoms with van der Waals surface area (Å²) in [5.41, 5.74) is 0. The van der Waals surface area contributed by atoms with Crippen LogP contribution in [0, 0.1) is 5.92 Å². The molecule has 1 aliphatic rings. The summed E-state index contributed by atoms with van der Waals surface area (Å²) in [7, 11) is 0. The fourth-order valence-electron chi connectivity index (χ4n) is 3.01. The second-order valence-corrected chi connectivity index (χ2v) is 6.92. The van der Waals surface area contributed by atoms with Crippen LogP contribution in [-0.4, -0.2) is 59.6 Å². The van der Waals surface area contributed by atoms with Gasteiger partial charge in [-0.3, -0.25) is 4.79 Å². The topological polar surface area (TPSA) is 85.4 Å². The molecule has 0 aromatic carbocycles. The van der Waals surface area contributed by atoms with Gasteiger partial charge in [0, 0.05) is 5.92 Å². The molecule has 2 amide bonds. The Balaban J connectivity index is 3.09. The zero-order valence-electron chi connectivity index (χ0n) is 16.7. The lowest BCUT2D eigenvalue weighted by Gasteiger charge is -2.32. The maximum Gasteiger partial charge on any atom is 0.429 e. The van der Waals surface area contributed by atoms with E-state index in [0.29, 0.717) is 13.0 Å². The molecular weight excluding hydrogens is 340 g/mol. The van der Waals surface area contributed by atoms with Crippen LogP contribution in [0.1, 0.15) is 60.8 Å². The van der Waals surface area contributed by atoms with E-state index in [1.807, 2.05) is 6.92 Å². The first-order chi connectivity index (χ1) is 12.2. The Morgan fingerprint density at radius 3 is 2.08 bits per heavy atom. The summed E-state index contributed by atoms with van der Waals surface area (Å²) in [4.78, 5) is 37.1. The lowest BCUT2D eigenvalue weighted by atomic mass is 9.94. The maximum atomic E-state index is 12.6. The van der Waals surface area contributed by atoms with Gasteiger partial charge in [0.15, 0.2) is 0 Å². The lowest BCUT2D eigenvalue weighted by molar-refractivity contribution is -0.144. The molecule has 0 spiro atoms. The summed E-state index contributed by atoms with van der Waals surface area (Å²) in [5.74, 6) is -0.566. The predicted octanol–water partition coefficient (Wildman–Crippen LogP) is 3.35. The van der Waals surface area contributed by atoms with E-state index >= 15 is 0 Å². The van der Waals surface area contributed by atoms with Gasteiger partial charge in [-0.2, -0.15) is 0 Å². The summed E-state index contributed by atoms with van der Waals surface area (Å²) in [5, 5.41) is 2.58. The average molecular weight is 372 g/mol. The zero-order valence-corrected chi connectivity index (χ0v) is 16.7. The molecule has 26 heavy (non-hydrogen) atoms. The molecule has 0 aromatic heterocycles. The Labute approximate surface area is 155 Å². The fourth-order valence-corrected chi connectivity index (χ4v) is 3.01. The molecule has 0 saturated carbocycles. The van der Waals surface area contributed by atoms with Gasteiger partial charge in [-0.1, -0.05) is 13.3 Å². The molecule has 150 valence electrons. The second kappa shape index (κ2) is 10.2. The van der Waals surface area contributed by atoms with Crippen molar-refractivity contribution in [3.05, 3.63) is 0 Å². The molecule has 0 radical (unpaired) electrons. The maximum absolute atomic E-state index is 12.6. The van der Waals surface area contributed by atoms with Crippen molar-refractivity contribution in [3.8, 4) is 0 Å². The minimum atomic E-state index is -0.617. The van der Waals surface area contributed by atoms with E-state index in [4.69, 9.17) is 14.2 Å². The van der Waals surface area contributed by atoms with Crippen LogP contribution in [0.2, 0.25) is 0 Å². The normalized spacial score (nSPS) is 19.8. The molecule has 1 aliphatic heterocycles. The third-order valence-corrected chi connectivity index (χ3v) is 3.92. The number of amides is 2. The second-order valence-electron chi connectivity index (χ2n) is 6.92. The van der Waals surface area contributed by atoms with Crippen LogP contribution in [0.4, 0.5) is 9.59 Å². The van der Waals surface area contributed by atoms with Crippen LogP contribution in [0.3, 0.4) is 0 Å². The smallest absolute Gasteiger partial charge is 0.429 e. The van der Waals surface area contributed by atoms with Crippen molar-refractivity contribution in [3.63, 3.8) is 0 Å². The summed E-state index contributed by atoms with van der Waals surface area (Å²) >= 11 is 0. The van der Waals surface area contributed by atoms with Crippen molar-refractivity contribution in [2.24, 2.45) is 5.92 Å². The predicted molar refractivity (Wildman–Crippen MR) is 95.2 cm³/mol. The quantitative estimate of drug-likeness (QED) is 0.503. The van der Waals surface area contributed by atoms with E-state index < -0.39 is 12.2 Å². The van der Waals surface area contributed by atoms with Gasteiger partial charge < -0.3 is 14.2 Å². The van der Waals surface area contributed by atoms with Crippen LogP contribution < -0.4 is 0 Å². The molecule has 1 heterocycles.